The highest BCUT2D eigenvalue weighted by atomic mass is 35.5. The maximum Gasteiger partial charge on any atom is 0.255 e. The number of anilines is 1. The summed E-state index contributed by atoms with van der Waals surface area (Å²) in [6.07, 6.45) is 4.45. The molecule has 5 nitrogen and oxygen atoms in total. The second-order valence-corrected chi connectivity index (χ2v) is 7.38. The van der Waals surface area contributed by atoms with Crippen LogP contribution in [0.15, 0.2) is 42.5 Å². The van der Waals surface area contributed by atoms with Crippen LogP contribution >= 0.6 is 23.2 Å². The molecular formula is C20H18Cl2N4O. The number of aryl methyl sites for hydroxylation is 1. The van der Waals surface area contributed by atoms with Gasteiger partial charge in [0.1, 0.15) is 5.82 Å². The molecule has 1 aromatic heterocycles. The van der Waals surface area contributed by atoms with Crippen molar-refractivity contribution in [1.82, 2.24) is 14.8 Å². The number of hydrogen-bond donors (Lipinski definition) is 1. The quantitative estimate of drug-likeness (QED) is 0.654. The summed E-state index contributed by atoms with van der Waals surface area (Å²) in [5.74, 6) is 1.64. The van der Waals surface area contributed by atoms with Gasteiger partial charge in [0.15, 0.2) is 5.82 Å². The first kappa shape index (κ1) is 18.0. The SMILES string of the molecule is O=C(Nc1cccc(-c2nnc3n2CCCCC3)c1)c1ccc(Cl)c(Cl)c1. The molecular weight excluding hydrogens is 383 g/mol. The molecule has 1 N–H and O–H groups in total. The number of halogens is 2. The van der Waals surface area contributed by atoms with E-state index in [0.29, 0.717) is 21.3 Å². The van der Waals surface area contributed by atoms with Gasteiger partial charge < -0.3 is 9.88 Å². The van der Waals surface area contributed by atoms with Crippen molar-refractivity contribution in [2.75, 3.05) is 5.32 Å². The van der Waals surface area contributed by atoms with Crippen molar-refractivity contribution in [1.29, 1.82) is 0 Å². The van der Waals surface area contributed by atoms with Gasteiger partial charge in [0, 0.05) is 29.8 Å². The number of hydrogen-bond acceptors (Lipinski definition) is 3. The van der Waals surface area contributed by atoms with Crippen LogP contribution in [-0.2, 0) is 13.0 Å². The van der Waals surface area contributed by atoms with Crippen molar-refractivity contribution in [3.05, 3.63) is 63.9 Å². The molecule has 2 heterocycles. The first-order valence-corrected chi connectivity index (χ1v) is 9.66. The minimum atomic E-state index is -0.245. The molecule has 1 aliphatic rings. The predicted molar refractivity (Wildman–Crippen MR) is 107 cm³/mol. The Bertz CT molecular complexity index is 999. The fourth-order valence-corrected chi connectivity index (χ4v) is 3.57. The lowest BCUT2D eigenvalue weighted by molar-refractivity contribution is 0.102. The number of aromatic nitrogens is 3. The number of carbonyl (C=O) groups excluding carboxylic acids is 1. The molecule has 0 bridgehead atoms. The van der Waals surface area contributed by atoms with Gasteiger partial charge in [-0.05, 0) is 43.2 Å². The molecule has 3 aromatic rings. The van der Waals surface area contributed by atoms with E-state index in [-0.39, 0.29) is 5.91 Å². The van der Waals surface area contributed by atoms with E-state index >= 15 is 0 Å². The molecule has 0 atom stereocenters. The van der Waals surface area contributed by atoms with E-state index in [2.05, 4.69) is 20.1 Å². The van der Waals surface area contributed by atoms with E-state index in [0.717, 1.165) is 43.0 Å². The molecule has 1 aliphatic heterocycles. The monoisotopic (exact) mass is 400 g/mol. The highest BCUT2D eigenvalue weighted by molar-refractivity contribution is 6.42. The van der Waals surface area contributed by atoms with Crippen molar-refractivity contribution >= 4 is 34.8 Å². The third-order valence-electron chi connectivity index (χ3n) is 4.67. The second kappa shape index (κ2) is 7.71. The number of benzene rings is 2. The average Bonchev–Trinajstić information content (AvgIpc) is 2.92. The van der Waals surface area contributed by atoms with Crippen molar-refractivity contribution in [3.8, 4) is 11.4 Å². The van der Waals surface area contributed by atoms with Crippen LogP contribution in [0.1, 0.15) is 35.4 Å². The zero-order valence-electron chi connectivity index (χ0n) is 14.6. The summed E-state index contributed by atoms with van der Waals surface area (Å²) >= 11 is 11.9. The molecule has 0 aliphatic carbocycles. The zero-order chi connectivity index (χ0) is 18.8. The number of amides is 1. The lowest BCUT2D eigenvalue weighted by Gasteiger charge is -2.10. The molecule has 138 valence electrons. The lowest BCUT2D eigenvalue weighted by Crippen LogP contribution is -2.12. The van der Waals surface area contributed by atoms with Gasteiger partial charge >= 0.3 is 0 Å². The molecule has 1 amide bonds. The highest BCUT2D eigenvalue weighted by Gasteiger charge is 2.16. The molecule has 27 heavy (non-hydrogen) atoms. The number of nitrogens with zero attached hydrogens (tertiary/aromatic N) is 3. The van der Waals surface area contributed by atoms with Gasteiger partial charge in [0.25, 0.3) is 5.91 Å². The lowest BCUT2D eigenvalue weighted by atomic mass is 10.1. The molecule has 0 radical (unpaired) electrons. The fraction of sp³-hybridized carbons (Fsp3) is 0.250. The molecule has 0 saturated carbocycles. The Hall–Kier alpha value is -2.37. The van der Waals surface area contributed by atoms with Crippen molar-refractivity contribution in [2.45, 2.75) is 32.2 Å². The standard InChI is InChI=1S/C20H18Cl2N4O/c21-16-9-8-14(12-17(16)22)20(27)23-15-6-4-5-13(11-15)19-25-24-18-7-2-1-3-10-26(18)19/h4-6,8-9,11-12H,1-3,7,10H2,(H,23,27). The van der Waals surface area contributed by atoms with Crippen molar-refractivity contribution in [2.24, 2.45) is 0 Å². The van der Waals surface area contributed by atoms with Gasteiger partial charge in [-0.25, -0.2) is 0 Å². The van der Waals surface area contributed by atoms with Crippen LogP contribution in [0.2, 0.25) is 10.0 Å². The van der Waals surface area contributed by atoms with Crippen LogP contribution in [0, 0.1) is 0 Å². The summed E-state index contributed by atoms with van der Waals surface area (Å²) in [7, 11) is 0. The largest absolute Gasteiger partial charge is 0.322 e. The Balaban J connectivity index is 1.59. The zero-order valence-corrected chi connectivity index (χ0v) is 16.1. The number of nitrogens with one attached hydrogen (secondary N) is 1. The summed E-state index contributed by atoms with van der Waals surface area (Å²) in [5.41, 5.74) is 2.07. The Morgan fingerprint density at radius 3 is 2.74 bits per heavy atom. The summed E-state index contributed by atoms with van der Waals surface area (Å²) < 4.78 is 2.19. The number of carbonyl (C=O) groups is 1. The predicted octanol–water partition coefficient (Wildman–Crippen LogP) is 5.23. The summed E-state index contributed by atoms with van der Waals surface area (Å²) in [4.78, 5) is 12.5. The van der Waals surface area contributed by atoms with Crippen molar-refractivity contribution < 1.29 is 4.79 Å². The van der Waals surface area contributed by atoms with E-state index in [1.54, 1.807) is 18.2 Å². The van der Waals surface area contributed by atoms with E-state index in [1.807, 2.05) is 24.3 Å². The van der Waals surface area contributed by atoms with E-state index in [1.165, 1.54) is 6.42 Å². The smallest absolute Gasteiger partial charge is 0.255 e. The Morgan fingerprint density at radius 1 is 1.00 bits per heavy atom. The minimum Gasteiger partial charge on any atom is -0.322 e. The molecule has 0 saturated heterocycles. The van der Waals surface area contributed by atoms with Crippen molar-refractivity contribution in [3.63, 3.8) is 0 Å². The van der Waals surface area contributed by atoms with Crippen LogP contribution in [0.3, 0.4) is 0 Å². The maximum absolute atomic E-state index is 12.5. The molecule has 7 heteroatoms. The number of fused-ring (bicyclic) bond motifs is 1. The van der Waals surface area contributed by atoms with Gasteiger partial charge in [-0.3, -0.25) is 4.79 Å². The van der Waals surface area contributed by atoms with Gasteiger partial charge in [0.05, 0.1) is 10.0 Å². The van der Waals surface area contributed by atoms with Gasteiger partial charge in [0.2, 0.25) is 0 Å². The molecule has 0 unspecified atom stereocenters. The molecule has 0 fully saturated rings. The fourth-order valence-electron chi connectivity index (χ4n) is 3.28. The topological polar surface area (TPSA) is 59.8 Å². The molecule has 4 rings (SSSR count). The average molecular weight is 401 g/mol. The van der Waals surface area contributed by atoms with Gasteiger partial charge in [-0.2, -0.15) is 0 Å². The van der Waals surface area contributed by atoms with Crippen LogP contribution in [0.4, 0.5) is 5.69 Å². The van der Waals surface area contributed by atoms with E-state index < -0.39 is 0 Å². The van der Waals surface area contributed by atoms with Crippen LogP contribution in [0.25, 0.3) is 11.4 Å². The Kier molecular flexibility index (Phi) is 5.14. The van der Waals surface area contributed by atoms with Crippen LogP contribution in [0.5, 0.6) is 0 Å². The third-order valence-corrected chi connectivity index (χ3v) is 5.41. The van der Waals surface area contributed by atoms with Crippen LogP contribution in [-0.4, -0.2) is 20.7 Å². The second-order valence-electron chi connectivity index (χ2n) is 6.57. The third kappa shape index (κ3) is 3.84. The highest BCUT2D eigenvalue weighted by Crippen LogP contribution is 2.26. The Labute approximate surface area is 167 Å². The normalized spacial score (nSPS) is 13.7. The molecule has 2 aromatic carbocycles. The summed E-state index contributed by atoms with van der Waals surface area (Å²) in [6, 6.07) is 12.5. The van der Waals surface area contributed by atoms with Gasteiger partial charge in [-0.15, -0.1) is 10.2 Å². The maximum atomic E-state index is 12.5. The van der Waals surface area contributed by atoms with E-state index in [9.17, 15) is 4.79 Å². The molecule has 0 spiro atoms. The van der Waals surface area contributed by atoms with Gasteiger partial charge in [-0.1, -0.05) is 41.8 Å². The Morgan fingerprint density at radius 2 is 1.89 bits per heavy atom. The van der Waals surface area contributed by atoms with Crippen LogP contribution < -0.4 is 5.32 Å². The first-order valence-electron chi connectivity index (χ1n) is 8.91. The summed E-state index contributed by atoms with van der Waals surface area (Å²) in [5, 5.41) is 12.4. The first-order chi connectivity index (χ1) is 13.1. The number of rotatable bonds is 3. The van der Waals surface area contributed by atoms with E-state index in [4.69, 9.17) is 23.2 Å². The summed E-state index contributed by atoms with van der Waals surface area (Å²) in [6.45, 7) is 0.928. The minimum absolute atomic E-state index is 0.245.